The summed E-state index contributed by atoms with van der Waals surface area (Å²) in [4.78, 5) is 7.28. The number of hydrogen-bond donors (Lipinski definition) is 2. The van der Waals surface area contributed by atoms with Crippen molar-refractivity contribution in [3.63, 3.8) is 0 Å². The fourth-order valence-corrected chi connectivity index (χ4v) is 2.44. The van der Waals surface area contributed by atoms with Gasteiger partial charge in [-0.1, -0.05) is 0 Å². The van der Waals surface area contributed by atoms with E-state index in [0.29, 0.717) is 0 Å². The predicted octanol–water partition coefficient (Wildman–Crippen LogP) is -0.421. The van der Waals surface area contributed by atoms with Gasteiger partial charge in [-0.2, -0.15) is 5.10 Å². The number of rotatable bonds is 4. The molecule has 8 nitrogen and oxygen atoms in total. The molecule has 0 aromatic carbocycles. The molecule has 0 saturated carbocycles. The van der Waals surface area contributed by atoms with E-state index in [1.165, 1.54) is 12.4 Å². The number of nitrogens with zero attached hydrogens (tertiary/aromatic N) is 4. The third-order valence-electron chi connectivity index (χ3n) is 2.53. The topological polar surface area (TPSA) is 116 Å². The Bertz CT molecular complexity index is 677. The maximum absolute atomic E-state index is 12.0. The zero-order chi connectivity index (χ0) is 14.0. The van der Waals surface area contributed by atoms with Crippen LogP contribution in [0.4, 0.5) is 5.95 Å². The lowest BCUT2D eigenvalue weighted by molar-refractivity contribution is 0.580. The maximum atomic E-state index is 12.0. The van der Waals surface area contributed by atoms with Crippen LogP contribution in [0.1, 0.15) is 11.3 Å². The molecule has 0 saturated heterocycles. The maximum Gasteiger partial charge on any atom is 0.243 e. The Morgan fingerprint density at radius 3 is 2.53 bits per heavy atom. The first-order valence-electron chi connectivity index (χ1n) is 5.45. The van der Waals surface area contributed by atoms with E-state index in [1.807, 2.05) is 6.92 Å². The normalized spacial score (nSPS) is 11.7. The highest BCUT2D eigenvalue weighted by Gasteiger charge is 2.15. The summed E-state index contributed by atoms with van der Waals surface area (Å²) in [6, 6.07) is 0. The van der Waals surface area contributed by atoms with Crippen LogP contribution in [0.5, 0.6) is 0 Å². The molecule has 0 bridgehead atoms. The van der Waals surface area contributed by atoms with Crippen molar-refractivity contribution in [2.45, 2.75) is 18.4 Å². The third-order valence-corrected chi connectivity index (χ3v) is 3.88. The second kappa shape index (κ2) is 4.94. The highest BCUT2D eigenvalue weighted by atomic mass is 32.2. The van der Waals surface area contributed by atoms with Gasteiger partial charge in [-0.3, -0.25) is 4.68 Å². The van der Waals surface area contributed by atoms with Gasteiger partial charge in [0.05, 0.1) is 18.1 Å². The van der Waals surface area contributed by atoms with E-state index in [2.05, 4.69) is 19.8 Å². The summed E-state index contributed by atoms with van der Waals surface area (Å²) in [5, 5.41) is 4.14. The number of nitrogen functional groups attached to an aromatic ring is 1. The average Bonchev–Trinajstić information content (AvgIpc) is 2.66. The molecule has 0 aliphatic carbocycles. The molecule has 2 rings (SSSR count). The largest absolute Gasteiger partial charge is 0.368 e. The summed E-state index contributed by atoms with van der Waals surface area (Å²) in [5.74, 6) is 0.0297. The van der Waals surface area contributed by atoms with Crippen LogP contribution in [0, 0.1) is 6.92 Å². The molecule has 0 aliphatic rings. The van der Waals surface area contributed by atoms with E-state index in [9.17, 15) is 8.42 Å². The Hall–Kier alpha value is -2.00. The summed E-state index contributed by atoms with van der Waals surface area (Å²) in [5.41, 5.74) is 6.89. The Labute approximate surface area is 110 Å². The number of aryl methyl sites for hydroxylation is 2. The van der Waals surface area contributed by atoms with E-state index in [-0.39, 0.29) is 17.4 Å². The molecule has 0 aliphatic heterocycles. The lowest BCUT2D eigenvalue weighted by atomic mass is 10.3. The van der Waals surface area contributed by atoms with Gasteiger partial charge in [0.1, 0.15) is 4.90 Å². The number of hydrogen-bond acceptors (Lipinski definition) is 6. The summed E-state index contributed by atoms with van der Waals surface area (Å²) in [6.07, 6.45) is 4.10. The molecule has 0 amide bonds. The monoisotopic (exact) mass is 282 g/mol. The standard InChI is InChI=1S/C10H14N6O2S/c1-7-8(6-16(2)15-7)3-14-19(17,18)9-4-12-10(11)13-5-9/h4-6,14H,3H2,1-2H3,(H2,11,12,13). The summed E-state index contributed by atoms with van der Waals surface area (Å²) in [7, 11) is -1.87. The van der Waals surface area contributed by atoms with Crippen molar-refractivity contribution in [3.05, 3.63) is 29.8 Å². The Balaban J connectivity index is 2.14. The van der Waals surface area contributed by atoms with E-state index in [1.54, 1.807) is 17.9 Å². The van der Waals surface area contributed by atoms with Gasteiger partial charge in [-0.25, -0.2) is 23.1 Å². The molecule has 0 unspecified atom stereocenters. The van der Waals surface area contributed by atoms with E-state index in [4.69, 9.17) is 5.73 Å². The van der Waals surface area contributed by atoms with Crippen LogP contribution in [0.25, 0.3) is 0 Å². The van der Waals surface area contributed by atoms with Gasteiger partial charge in [0.25, 0.3) is 0 Å². The zero-order valence-corrected chi connectivity index (χ0v) is 11.3. The van der Waals surface area contributed by atoms with Gasteiger partial charge in [0.15, 0.2) is 0 Å². The van der Waals surface area contributed by atoms with Gasteiger partial charge in [-0.05, 0) is 6.92 Å². The molecule has 9 heteroatoms. The third kappa shape index (κ3) is 3.06. The van der Waals surface area contributed by atoms with Gasteiger partial charge >= 0.3 is 0 Å². The van der Waals surface area contributed by atoms with Crippen molar-refractivity contribution in [1.29, 1.82) is 0 Å². The number of aromatic nitrogens is 4. The van der Waals surface area contributed by atoms with Crippen LogP contribution in [0.3, 0.4) is 0 Å². The molecule has 0 spiro atoms. The minimum Gasteiger partial charge on any atom is -0.368 e. The zero-order valence-electron chi connectivity index (χ0n) is 10.5. The summed E-state index contributed by atoms with van der Waals surface area (Å²) >= 11 is 0. The second-order valence-corrected chi connectivity index (χ2v) is 5.78. The van der Waals surface area contributed by atoms with Crippen LogP contribution in [0.15, 0.2) is 23.5 Å². The van der Waals surface area contributed by atoms with Gasteiger partial charge in [0, 0.05) is 25.4 Å². The van der Waals surface area contributed by atoms with E-state index < -0.39 is 10.0 Å². The Morgan fingerprint density at radius 2 is 2.00 bits per heavy atom. The quantitative estimate of drug-likeness (QED) is 0.786. The van der Waals surface area contributed by atoms with Crippen molar-refractivity contribution in [2.24, 2.45) is 7.05 Å². The van der Waals surface area contributed by atoms with Gasteiger partial charge in [0.2, 0.25) is 16.0 Å². The summed E-state index contributed by atoms with van der Waals surface area (Å²) < 4.78 is 28.0. The molecule has 3 N–H and O–H groups in total. The molecular formula is C10H14N6O2S. The van der Waals surface area contributed by atoms with Crippen LogP contribution >= 0.6 is 0 Å². The molecule has 0 atom stereocenters. The average molecular weight is 282 g/mol. The van der Waals surface area contributed by atoms with Crippen LogP contribution in [-0.4, -0.2) is 28.2 Å². The molecule has 2 heterocycles. The van der Waals surface area contributed by atoms with Crippen molar-refractivity contribution < 1.29 is 8.42 Å². The minimum absolute atomic E-state index is 0.0248. The Morgan fingerprint density at radius 1 is 1.37 bits per heavy atom. The van der Waals surface area contributed by atoms with Crippen LogP contribution in [0.2, 0.25) is 0 Å². The molecule has 0 fully saturated rings. The number of sulfonamides is 1. The van der Waals surface area contributed by atoms with Crippen LogP contribution in [-0.2, 0) is 23.6 Å². The lowest BCUT2D eigenvalue weighted by Crippen LogP contribution is -2.23. The molecule has 0 radical (unpaired) electrons. The van der Waals surface area contributed by atoms with Gasteiger partial charge < -0.3 is 5.73 Å². The van der Waals surface area contributed by atoms with Crippen molar-refractivity contribution in [1.82, 2.24) is 24.5 Å². The van der Waals surface area contributed by atoms with E-state index >= 15 is 0 Å². The van der Waals surface area contributed by atoms with Crippen molar-refractivity contribution >= 4 is 16.0 Å². The first-order chi connectivity index (χ1) is 8.88. The van der Waals surface area contributed by atoms with E-state index in [0.717, 1.165) is 11.3 Å². The predicted molar refractivity (Wildman–Crippen MR) is 68.4 cm³/mol. The fourth-order valence-electron chi connectivity index (χ4n) is 1.54. The second-order valence-electron chi connectivity index (χ2n) is 4.01. The highest BCUT2D eigenvalue weighted by Crippen LogP contribution is 2.09. The van der Waals surface area contributed by atoms with Crippen molar-refractivity contribution in [3.8, 4) is 0 Å². The first kappa shape index (κ1) is 13.4. The first-order valence-corrected chi connectivity index (χ1v) is 6.93. The summed E-state index contributed by atoms with van der Waals surface area (Å²) in [6.45, 7) is 1.97. The smallest absolute Gasteiger partial charge is 0.243 e. The van der Waals surface area contributed by atoms with Crippen molar-refractivity contribution in [2.75, 3.05) is 5.73 Å². The molecular weight excluding hydrogens is 268 g/mol. The highest BCUT2D eigenvalue weighted by molar-refractivity contribution is 7.89. The molecule has 2 aromatic rings. The minimum atomic E-state index is -3.65. The molecule has 19 heavy (non-hydrogen) atoms. The lowest BCUT2D eigenvalue weighted by Gasteiger charge is -2.05. The number of nitrogens with two attached hydrogens (primary N) is 1. The van der Waals surface area contributed by atoms with Crippen LogP contribution < -0.4 is 10.5 Å². The fraction of sp³-hybridized carbons (Fsp3) is 0.300. The molecule has 2 aromatic heterocycles. The van der Waals surface area contributed by atoms with Gasteiger partial charge in [-0.15, -0.1) is 0 Å². The Kier molecular flexibility index (Phi) is 3.49. The molecule has 102 valence electrons. The SMILES string of the molecule is Cc1nn(C)cc1CNS(=O)(=O)c1cnc(N)nc1. The number of anilines is 1. The number of nitrogens with one attached hydrogen (secondary N) is 1.